The minimum Gasteiger partial charge on any atom is -0.326 e. The molecule has 3 rings (SSSR count). The minimum atomic E-state index is -0.389. The van der Waals surface area contributed by atoms with E-state index in [1.54, 1.807) is 6.07 Å². The molecule has 0 aromatic heterocycles. The molecule has 0 spiro atoms. The van der Waals surface area contributed by atoms with E-state index in [1.165, 1.54) is 43.4 Å². The summed E-state index contributed by atoms with van der Waals surface area (Å²) in [5, 5.41) is 2.67. The first-order chi connectivity index (χ1) is 11.0. The summed E-state index contributed by atoms with van der Waals surface area (Å²) in [7, 11) is 1.41. The van der Waals surface area contributed by atoms with Crippen LogP contribution in [0.2, 0.25) is 0 Å². The topological polar surface area (TPSA) is 66.5 Å². The van der Waals surface area contributed by atoms with Gasteiger partial charge >= 0.3 is 0 Å². The van der Waals surface area contributed by atoms with Crippen LogP contribution in [-0.4, -0.2) is 29.7 Å². The zero-order valence-corrected chi connectivity index (χ0v) is 12.3. The quantitative estimate of drug-likeness (QED) is 0.884. The molecule has 0 saturated carbocycles. The maximum absolute atomic E-state index is 12.8. The Balaban J connectivity index is 1.74. The molecule has 0 atom stereocenters. The molecule has 2 aromatic rings. The van der Waals surface area contributed by atoms with Gasteiger partial charge in [0.2, 0.25) is 5.91 Å². The Bertz CT molecular complexity index is 815. The standard InChI is InChI=1S/C17H13FN2O3/c1-20-16(22)13-7-6-12(9-14(13)17(20)23)19-15(21)8-10-2-4-11(18)5-3-10/h2-7,9H,8H2,1H3,(H,19,21). The second-order valence-corrected chi connectivity index (χ2v) is 5.28. The van der Waals surface area contributed by atoms with Crippen LogP contribution in [0.3, 0.4) is 0 Å². The van der Waals surface area contributed by atoms with Crippen LogP contribution in [0.4, 0.5) is 10.1 Å². The molecule has 5 nitrogen and oxygen atoms in total. The first-order valence-electron chi connectivity index (χ1n) is 6.96. The number of hydrogen-bond donors (Lipinski definition) is 1. The molecule has 116 valence electrons. The first kappa shape index (κ1) is 14.9. The van der Waals surface area contributed by atoms with Crippen molar-refractivity contribution in [3.05, 3.63) is 65.0 Å². The largest absolute Gasteiger partial charge is 0.326 e. The fraction of sp³-hybridized carbons (Fsp3) is 0.118. The van der Waals surface area contributed by atoms with Crippen LogP contribution >= 0.6 is 0 Å². The summed E-state index contributed by atoms with van der Waals surface area (Å²) < 4.78 is 12.8. The molecule has 0 unspecified atom stereocenters. The number of hydrogen-bond acceptors (Lipinski definition) is 3. The monoisotopic (exact) mass is 312 g/mol. The normalized spacial score (nSPS) is 13.2. The average molecular weight is 312 g/mol. The number of fused-ring (bicyclic) bond motifs is 1. The third-order valence-corrected chi connectivity index (χ3v) is 3.65. The third kappa shape index (κ3) is 2.83. The lowest BCUT2D eigenvalue weighted by molar-refractivity contribution is -0.115. The van der Waals surface area contributed by atoms with Gasteiger partial charge in [0.05, 0.1) is 17.5 Å². The van der Waals surface area contributed by atoms with Gasteiger partial charge in [-0.15, -0.1) is 0 Å². The van der Waals surface area contributed by atoms with Crippen molar-refractivity contribution in [2.45, 2.75) is 6.42 Å². The Morgan fingerprint density at radius 1 is 1.04 bits per heavy atom. The lowest BCUT2D eigenvalue weighted by atomic mass is 10.1. The Morgan fingerprint density at radius 2 is 1.70 bits per heavy atom. The summed E-state index contributed by atoms with van der Waals surface area (Å²) >= 11 is 0. The summed E-state index contributed by atoms with van der Waals surface area (Å²) in [6.07, 6.45) is 0.0874. The van der Waals surface area contributed by atoms with Crippen LogP contribution in [0.5, 0.6) is 0 Å². The highest BCUT2D eigenvalue weighted by atomic mass is 19.1. The van der Waals surface area contributed by atoms with Crippen LogP contribution in [0, 0.1) is 5.82 Å². The molecule has 1 aliphatic rings. The first-order valence-corrected chi connectivity index (χ1v) is 6.96. The van der Waals surface area contributed by atoms with E-state index in [-0.39, 0.29) is 35.5 Å². The average Bonchev–Trinajstić information content (AvgIpc) is 2.74. The number of carbonyl (C=O) groups is 3. The van der Waals surface area contributed by atoms with Crippen molar-refractivity contribution in [3.8, 4) is 0 Å². The number of halogens is 1. The second-order valence-electron chi connectivity index (χ2n) is 5.28. The Morgan fingerprint density at radius 3 is 2.39 bits per heavy atom. The number of nitrogens with zero attached hydrogens (tertiary/aromatic N) is 1. The molecule has 1 N–H and O–H groups in total. The van der Waals surface area contributed by atoms with E-state index in [2.05, 4.69) is 5.32 Å². The molecule has 1 heterocycles. The van der Waals surface area contributed by atoms with Gasteiger partial charge in [-0.05, 0) is 35.9 Å². The predicted octanol–water partition coefficient (Wildman–Crippen LogP) is 2.23. The zero-order valence-electron chi connectivity index (χ0n) is 12.3. The van der Waals surface area contributed by atoms with Crippen LogP contribution < -0.4 is 5.32 Å². The van der Waals surface area contributed by atoms with Gasteiger partial charge in [-0.3, -0.25) is 19.3 Å². The number of nitrogens with one attached hydrogen (secondary N) is 1. The van der Waals surface area contributed by atoms with E-state index in [0.717, 1.165) is 4.90 Å². The number of amides is 3. The van der Waals surface area contributed by atoms with Gasteiger partial charge < -0.3 is 5.32 Å². The van der Waals surface area contributed by atoms with E-state index < -0.39 is 0 Å². The van der Waals surface area contributed by atoms with E-state index in [4.69, 9.17) is 0 Å². The van der Waals surface area contributed by atoms with Gasteiger partial charge in [-0.2, -0.15) is 0 Å². The summed E-state index contributed by atoms with van der Waals surface area (Å²) in [4.78, 5) is 36.8. The zero-order chi connectivity index (χ0) is 16.6. The van der Waals surface area contributed by atoms with Crippen LogP contribution in [-0.2, 0) is 11.2 Å². The van der Waals surface area contributed by atoms with E-state index in [1.807, 2.05) is 0 Å². The number of anilines is 1. The van der Waals surface area contributed by atoms with E-state index in [0.29, 0.717) is 16.8 Å². The highest BCUT2D eigenvalue weighted by Crippen LogP contribution is 2.24. The Labute approximate surface area is 131 Å². The van der Waals surface area contributed by atoms with Crippen molar-refractivity contribution < 1.29 is 18.8 Å². The van der Waals surface area contributed by atoms with Gasteiger partial charge in [-0.25, -0.2) is 4.39 Å². The van der Waals surface area contributed by atoms with Gasteiger partial charge in [-0.1, -0.05) is 12.1 Å². The summed E-state index contributed by atoms with van der Waals surface area (Å²) in [5.41, 5.74) is 1.72. The van der Waals surface area contributed by atoms with Crippen molar-refractivity contribution in [1.29, 1.82) is 0 Å². The molecular weight excluding hydrogens is 299 g/mol. The van der Waals surface area contributed by atoms with Crippen molar-refractivity contribution in [2.75, 3.05) is 12.4 Å². The molecule has 3 amide bonds. The molecule has 23 heavy (non-hydrogen) atoms. The molecule has 0 bridgehead atoms. The van der Waals surface area contributed by atoms with Gasteiger partial charge in [0, 0.05) is 12.7 Å². The maximum Gasteiger partial charge on any atom is 0.261 e. The molecule has 2 aromatic carbocycles. The van der Waals surface area contributed by atoms with Crippen molar-refractivity contribution >= 4 is 23.4 Å². The molecule has 6 heteroatoms. The smallest absolute Gasteiger partial charge is 0.261 e. The summed E-state index contributed by atoms with van der Waals surface area (Å²) in [6, 6.07) is 10.2. The predicted molar refractivity (Wildman–Crippen MR) is 81.6 cm³/mol. The van der Waals surface area contributed by atoms with Crippen molar-refractivity contribution in [2.24, 2.45) is 0 Å². The molecule has 1 aliphatic heterocycles. The SMILES string of the molecule is CN1C(=O)c2ccc(NC(=O)Cc3ccc(F)cc3)cc2C1=O. The van der Waals surface area contributed by atoms with E-state index >= 15 is 0 Å². The lowest BCUT2D eigenvalue weighted by Gasteiger charge is -2.06. The lowest BCUT2D eigenvalue weighted by Crippen LogP contribution is -2.24. The second kappa shape index (κ2) is 5.64. The Kier molecular flexibility index (Phi) is 3.65. The summed E-state index contributed by atoms with van der Waals surface area (Å²) in [5.74, 6) is -1.39. The Hall–Kier alpha value is -3.02. The third-order valence-electron chi connectivity index (χ3n) is 3.65. The van der Waals surface area contributed by atoms with E-state index in [9.17, 15) is 18.8 Å². The maximum atomic E-state index is 12.8. The van der Waals surface area contributed by atoms with Gasteiger partial charge in [0.1, 0.15) is 5.82 Å². The number of benzene rings is 2. The molecule has 0 fully saturated rings. The highest BCUT2D eigenvalue weighted by Gasteiger charge is 2.32. The minimum absolute atomic E-state index is 0.0874. The number of carbonyl (C=O) groups excluding carboxylic acids is 3. The molecule has 0 radical (unpaired) electrons. The van der Waals surface area contributed by atoms with Gasteiger partial charge in [0.15, 0.2) is 0 Å². The molecule has 0 aliphatic carbocycles. The van der Waals surface area contributed by atoms with Gasteiger partial charge in [0.25, 0.3) is 11.8 Å². The van der Waals surface area contributed by atoms with Crippen LogP contribution in [0.1, 0.15) is 26.3 Å². The number of imide groups is 1. The van der Waals surface area contributed by atoms with Crippen molar-refractivity contribution in [1.82, 2.24) is 4.90 Å². The summed E-state index contributed by atoms with van der Waals surface area (Å²) in [6.45, 7) is 0. The number of rotatable bonds is 3. The molecular formula is C17H13FN2O3. The van der Waals surface area contributed by atoms with Crippen molar-refractivity contribution in [3.63, 3.8) is 0 Å². The fourth-order valence-electron chi connectivity index (χ4n) is 2.43. The molecule has 0 saturated heterocycles. The fourth-order valence-corrected chi connectivity index (χ4v) is 2.43. The highest BCUT2D eigenvalue weighted by molar-refractivity contribution is 6.21. The van der Waals surface area contributed by atoms with Crippen LogP contribution in [0.25, 0.3) is 0 Å². The van der Waals surface area contributed by atoms with Crippen LogP contribution in [0.15, 0.2) is 42.5 Å².